The molecule has 0 spiro atoms. The predicted octanol–water partition coefficient (Wildman–Crippen LogP) is 5.32. The van der Waals surface area contributed by atoms with Crippen molar-refractivity contribution in [3.8, 4) is 22.7 Å². The van der Waals surface area contributed by atoms with Crippen LogP contribution in [0, 0.1) is 23.7 Å². The standard InChI is InChI=1S/C28H40N6O2/c1-19-15-33(18-29-19)23-10-9-20(13-25(23)36-8)22-16-34(31-30-22)24-14-21(28(5,6)7)11-12-32(26(24)35)17-27(2,3)4/h9-10,13,15-16,18,21,24H,11-12,14,17H2,1-8H3/t21-,24?/m1/s1. The number of rotatable bonds is 5. The Balaban J connectivity index is 1.66. The summed E-state index contributed by atoms with van der Waals surface area (Å²) in [5.41, 5.74) is 3.58. The molecule has 36 heavy (non-hydrogen) atoms. The molecule has 1 aliphatic rings. The van der Waals surface area contributed by atoms with Crippen molar-refractivity contribution >= 4 is 5.91 Å². The summed E-state index contributed by atoms with van der Waals surface area (Å²) < 4.78 is 9.39. The minimum atomic E-state index is -0.365. The lowest BCUT2D eigenvalue weighted by atomic mass is 9.76. The molecule has 0 radical (unpaired) electrons. The molecule has 2 aromatic heterocycles. The van der Waals surface area contributed by atoms with Crippen molar-refractivity contribution in [3.63, 3.8) is 0 Å². The van der Waals surface area contributed by atoms with Crippen molar-refractivity contribution in [2.24, 2.45) is 16.7 Å². The number of hydrogen-bond donors (Lipinski definition) is 0. The highest BCUT2D eigenvalue weighted by atomic mass is 16.5. The molecule has 1 saturated heterocycles. The van der Waals surface area contributed by atoms with Crippen LogP contribution in [-0.2, 0) is 4.79 Å². The average Bonchev–Trinajstić information content (AvgIpc) is 3.42. The fraction of sp³-hybridized carbons (Fsp3) is 0.571. The fourth-order valence-corrected chi connectivity index (χ4v) is 5.02. The number of amides is 1. The van der Waals surface area contributed by atoms with Gasteiger partial charge < -0.3 is 14.2 Å². The Hall–Kier alpha value is -3.16. The molecule has 3 aromatic rings. The van der Waals surface area contributed by atoms with Gasteiger partial charge in [-0.3, -0.25) is 4.79 Å². The van der Waals surface area contributed by atoms with E-state index < -0.39 is 0 Å². The molecular weight excluding hydrogens is 452 g/mol. The number of ether oxygens (including phenoxy) is 1. The van der Waals surface area contributed by atoms with Crippen LogP contribution >= 0.6 is 0 Å². The Morgan fingerprint density at radius 3 is 2.47 bits per heavy atom. The summed E-state index contributed by atoms with van der Waals surface area (Å²) in [5, 5.41) is 8.92. The van der Waals surface area contributed by atoms with Gasteiger partial charge in [-0.2, -0.15) is 0 Å². The zero-order valence-corrected chi connectivity index (χ0v) is 22.9. The van der Waals surface area contributed by atoms with Crippen molar-refractivity contribution in [2.75, 3.05) is 20.2 Å². The normalized spacial score (nSPS) is 19.4. The van der Waals surface area contributed by atoms with Crippen molar-refractivity contribution in [2.45, 2.75) is 67.3 Å². The lowest BCUT2D eigenvalue weighted by Gasteiger charge is -2.31. The topological polar surface area (TPSA) is 78.1 Å². The van der Waals surface area contributed by atoms with Crippen molar-refractivity contribution in [3.05, 3.63) is 42.6 Å². The maximum atomic E-state index is 13.8. The molecule has 0 N–H and O–H groups in total. The Morgan fingerprint density at radius 2 is 1.86 bits per heavy atom. The number of likely N-dealkylation sites (tertiary alicyclic amines) is 1. The molecule has 1 amide bonds. The molecule has 0 saturated carbocycles. The van der Waals surface area contributed by atoms with Crippen LogP contribution in [0.2, 0.25) is 0 Å². The van der Waals surface area contributed by atoms with E-state index in [1.54, 1.807) is 18.1 Å². The average molecular weight is 493 g/mol. The highest BCUT2D eigenvalue weighted by molar-refractivity contribution is 5.81. The summed E-state index contributed by atoms with van der Waals surface area (Å²) in [7, 11) is 1.66. The fourth-order valence-electron chi connectivity index (χ4n) is 5.02. The number of aryl methyl sites for hydroxylation is 1. The molecule has 0 aliphatic carbocycles. The first kappa shape index (κ1) is 25.9. The van der Waals surface area contributed by atoms with Gasteiger partial charge in [-0.25, -0.2) is 9.67 Å². The third-order valence-corrected chi connectivity index (χ3v) is 7.04. The van der Waals surface area contributed by atoms with Crippen LogP contribution in [0.5, 0.6) is 5.75 Å². The van der Waals surface area contributed by atoms with Crippen molar-refractivity contribution in [1.82, 2.24) is 29.4 Å². The van der Waals surface area contributed by atoms with Crippen molar-refractivity contribution < 1.29 is 9.53 Å². The van der Waals surface area contributed by atoms with Gasteiger partial charge in [0, 0.05) is 24.8 Å². The van der Waals surface area contributed by atoms with Crippen LogP contribution in [0.4, 0.5) is 0 Å². The summed E-state index contributed by atoms with van der Waals surface area (Å²) in [6.07, 6.45) is 7.39. The Morgan fingerprint density at radius 1 is 1.11 bits per heavy atom. The molecule has 2 atom stereocenters. The first-order chi connectivity index (χ1) is 16.9. The van der Waals surface area contributed by atoms with E-state index in [1.165, 1.54) is 0 Å². The monoisotopic (exact) mass is 492 g/mol. The number of carbonyl (C=O) groups is 1. The second kappa shape index (κ2) is 9.71. The van der Waals surface area contributed by atoms with Gasteiger partial charge in [-0.15, -0.1) is 5.10 Å². The number of methoxy groups -OCH3 is 1. The second-order valence-corrected chi connectivity index (χ2v) is 12.3. The minimum absolute atomic E-state index is 0.0292. The number of aromatic nitrogens is 5. The van der Waals surface area contributed by atoms with Gasteiger partial charge >= 0.3 is 0 Å². The highest BCUT2D eigenvalue weighted by Gasteiger charge is 2.38. The van der Waals surface area contributed by atoms with E-state index in [9.17, 15) is 4.79 Å². The van der Waals surface area contributed by atoms with Gasteiger partial charge in [0.25, 0.3) is 0 Å². The Labute approximate surface area is 214 Å². The van der Waals surface area contributed by atoms with E-state index in [1.807, 2.05) is 47.0 Å². The van der Waals surface area contributed by atoms with Crippen LogP contribution < -0.4 is 4.74 Å². The second-order valence-electron chi connectivity index (χ2n) is 12.3. The third-order valence-electron chi connectivity index (χ3n) is 7.04. The SMILES string of the molecule is COc1cc(-c2cn(C3C[C@H](C(C)(C)C)CCN(CC(C)(C)C)C3=O)nn2)ccc1-n1cnc(C)c1. The highest BCUT2D eigenvalue weighted by Crippen LogP contribution is 2.39. The molecule has 1 fully saturated rings. The molecule has 8 heteroatoms. The summed E-state index contributed by atoms with van der Waals surface area (Å²) in [4.78, 5) is 20.1. The molecule has 1 aromatic carbocycles. The number of benzene rings is 1. The van der Waals surface area contributed by atoms with Gasteiger partial charge in [0.2, 0.25) is 5.91 Å². The van der Waals surface area contributed by atoms with E-state index in [0.717, 1.165) is 42.9 Å². The first-order valence-corrected chi connectivity index (χ1v) is 12.8. The molecular formula is C28H40N6O2. The maximum absolute atomic E-state index is 13.8. The number of carbonyl (C=O) groups excluding carboxylic acids is 1. The van der Waals surface area contributed by atoms with Crippen LogP contribution in [0.1, 0.15) is 66.1 Å². The minimum Gasteiger partial charge on any atom is -0.495 e. The smallest absolute Gasteiger partial charge is 0.247 e. The molecule has 194 valence electrons. The zero-order valence-electron chi connectivity index (χ0n) is 22.9. The lowest BCUT2D eigenvalue weighted by Crippen LogP contribution is -2.41. The van der Waals surface area contributed by atoms with Crippen LogP contribution in [0.3, 0.4) is 0 Å². The summed E-state index contributed by atoms with van der Waals surface area (Å²) in [5.74, 6) is 1.26. The molecule has 0 bridgehead atoms. The molecule has 8 nitrogen and oxygen atoms in total. The Kier molecular flexibility index (Phi) is 6.99. The predicted molar refractivity (Wildman–Crippen MR) is 141 cm³/mol. The summed E-state index contributed by atoms with van der Waals surface area (Å²) in [6.45, 7) is 16.8. The quantitative estimate of drug-likeness (QED) is 0.482. The molecule has 1 unspecified atom stereocenters. The largest absolute Gasteiger partial charge is 0.495 e. The van der Waals surface area contributed by atoms with Crippen LogP contribution in [0.25, 0.3) is 16.9 Å². The van der Waals surface area contributed by atoms with Gasteiger partial charge in [-0.05, 0) is 48.6 Å². The molecule has 4 rings (SSSR count). The van der Waals surface area contributed by atoms with E-state index in [-0.39, 0.29) is 22.8 Å². The maximum Gasteiger partial charge on any atom is 0.247 e. The van der Waals surface area contributed by atoms with Gasteiger partial charge in [0.1, 0.15) is 17.5 Å². The van der Waals surface area contributed by atoms with Gasteiger partial charge in [0.15, 0.2) is 0 Å². The first-order valence-electron chi connectivity index (χ1n) is 12.8. The van der Waals surface area contributed by atoms with E-state index in [4.69, 9.17) is 4.74 Å². The van der Waals surface area contributed by atoms with Gasteiger partial charge in [0.05, 0.1) is 31.0 Å². The Bertz CT molecular complexity index is 1210. The van der Waals surface area contributed by atoms with E-state index in [0.29, 0.717) is 17.4 Å². The summed E-state index contributed by atoms with van der Waals surface area (Å²) in [6, 6.07) is 5.58. The van der Waals surface area contributed by atoms with Crippen LogP contribution in [-0.4, -0.2) is 55.6 Å². The zero-order chi connectivity index (χ0) is 26.3. The molecule has 1 aliphatic heterocycles. The summed E-state index contributed by atoms with van der Waals surface area (Å²) >= 11 is 0. The number of imidazole rings is 1. The van der Waals surface area contributed by atoms with Crippen LogP contribution in [0.15, 0.2) is 36.9 Å². The lowest BCUT2D eigenvalue weighted by molar-refractivity contribution is -0.135. The van der Waals surface area contributed by atoms with Crippen molar-refractivity contribution in [1.29, 1.82) is 0 Å². The van der Waals surface area contributed by atoms with E-state index >= 15 is 0 Å². The number of nitrogens with zero attached hydrogens (tertiary/aromatic N) is 6. The van der Waals surface area contributed by atoms with E-state index in [2.05, 4.69) is 56.8 Å². The number of hydrogen-bond acceptors (Lipinski definition) is 5. The molecule has 3 heterocycles. The van der Waals surface area contributed by atoms with Gasteiger partial charge in [-0.1, -0.05) is 52.8 Å². The third kappa shape index (κ3) is 5.63.